The van der Waals surface area contributed by atoms with Gasteiger partial charge in [0.2, 0.25) is 0 Å². The van der Waals surface area contributed by atoms with Gasteiger partial charge in [-0.1, -0.05) is 13.0 Å². The van der Waals surface area contributed by atoms with Crippen LogP contribution in [0.15, 0.2) is 18.5 Å². The average Bonchev–Trinajstić information content (AvgIpc) is 2.04. The molecular formula is C10H13NO2. The van der Waals surface area contributed by atoms with E-state index in [2.05, 4.69) is 4.98 Å². The fourth-order valence-corrected chi connectivity index (χ4v) is 1.17. The maximum Gasteiger partial charge on any atom is 0.306 e. The summed E-state index contributed by atoms with van der Waals surface area (Å²) in [4.78, 5) is 14.6. The van der Waals surface area contributed by atoms with E-state index in [-0.39, 0.29) is 5.92 Å². The van der Waals surface area contributed by atoms with Gasteiger partial charge in [-0.3, -0.25) is 9.78 Å². The lowest BCUT2D eigenvalue weighted by Crippen LogP contribution is -2.12. The van der Waals surface area contributed by atoms with Crippen LogP contribution in [0.2, 0.25) is 0 Å². The number of aromatic nitrogens is 1. The first-order chi connectivity index (χ1) is 6.09. The third kappa shape index (κ3) is 2.86. The van der Waals surface area contributed by atoms with Crippen LogP contribution in [0.25, 0.3) is 0 Å². The van der Waals surface area contributed by atoms with Gasteiger partial charge in [-0.2, -0.15) is 0 Å². The number of carboxylic acid groups (broad SMARTS) is 1. The highest BCUT2D eigenvalue weighted by Crippen LogP contribution is 2.08. The maximum atomic E-state index is 10.6. The van der Waals surface area contributed by atoms with Crippen LogP contribution < -0.4 is 0 Å². The third-order valence-electron chi connectivity index (χ3n) is 1.90. The van der Waals surface area contributed by atoms with Gasteiger partial charge < -0.3 is 5.11 Å². The quantitative estimate of drug-likeness (QED) is 0.767. The first kappa shape index (κ1) is 9.71. The summed E-state index contributed by atoms with van der Waals surface area (Å²) < 4.78 is 0. The number of aliphatic carboxylic acids is 1. The maximum absolute atomic E-state index is 10.6. The van der Waals surface area contributed by atoms with E-state index in [9.17, 15) is 4.79 Å². The Balaban J connectivity index is 2.69. The minimum atomic E-state index is -0.762. The van der Waals surface area contributed by atoms with E-state index in [0.717, 1.165) is 11.1 Å². The van der Waals surface area contributed by atoms with Crippen LogP contribution in [-0.4, -0.2) is 16.1 Å². The molecule has 0 aliphatic carbocycles. The smallest absolute Gasteiger partial charge is 0.306 e. The summed E-state index contributed by atoms with van der Waals surface area (Å²) in [7, 11) is 0. The molecule has 13 heavy (non-hydrogen) atoms. The molecule has 1 aromatic heterocycles. The second-order valence-corrected chi connectivity index (χ2v) is 3.31. The first-order valence-electron chi connectivity index (χ1n) is 4.23. The third-order valence-corrected chi connectivity index (χ3v) is 1.90. The van der Waals surface area contributed by atoms with Crippen molar-refractivity contribution in [3.05, 3.63) is 29.6 Å². The fraction of sp³-hybridized carbons (Fsp3) is 0.400. The van der Waals surface area contributed by atoms with Crippen molar-refractivity contribution >= 4 is 5.97 Å². The van der Waals surface area contributed by atoms with Crippen LogP contribution in [0.4, 0.5) is 0 Å². The summed E-state index contributed by atoms with van der Waals surface area (Å²) in [6.07, 6.45) is 4.02. The normalized spacial score (nSPS) is 12.5. The molecule has 70 valence electrons. The molecule has 0 spiro atoms. The predicted octanol–water partition coefficient (Wildman–Crippen LogP) is 1.65. The molecule has 3 nitrogen and oxygen atoms in total. The number of carboxylic acids is 1. The minimum absolute atomic E-state index is 0.344. The van der Waals surface area contributed by atoms with Gasteiger partial charge in [0.15, 0.2) is 0 Å². The van der Waals surface area contributed by atoms with E-state index in [1.165, 1.54) is 0 Å². The second-order valence-electron chi connectivity index (χ2n) is 3.31. The van der Waals surface area contributed by atoms with Gasteiger partial charge in [0, 0.05) is 12.4 Å². The molecule has 1 unspecified atom stereocenters. The lowest BCUT2D eigenvalue weighted by Gasteiger charge is -2.05. The zero-order valence-corrected chi connectivity index (χ0v) is 7.82. The van der Waals surface area contributed by atoms with E-state index >= 15 is 0 Å². The summed E-state index contributed by atoms with van der Waals surface area (Å²) in [5, 5.41) is 8.69. The Labute approximate surface area is 77.4 Å². The van der Waals surface area contributed by atoms with Gasteiger partial charge in [0.1, 0.15) is 0 Å². The van der Waals surface area contributed by atoms with Gasteiger partial charge in [-0.15, -0.1) is 0 Å². The molecule has 0 saturated carbocycles. The van der Waals surface area contributed by atoms with Crippen molar-refractivity contribution in [1.29, 1.82) is 0 Å². The van der Waals surface area contributed by atoms with Crippen molar-refractivity contribution in [1.82, 2.24) is 4.98 Å². The molecule has 1 aromatic rings. The van der Waals surface area contributed by atoms with Crippen molar-refractivity contribution in [2.45, 2.75) is 20.3 Å². The van der Waals surface area contributed by atoms with E-state index < -0.39 is 5.97 Å². The molecule has 1 heterocycles. The van der Waals surface area contributed by atoms with Gasteiger partial charge in [-0.05, 0) is 24.5 Å². The van der Waals surface area contributed by atoms with Crippen molar-refractivity contribution in [3.8, 4) is 0 Å². The van der Waals surface area contributed by atoms with Crippen LogP contribution in [0.1, 0.15) is 18.1 Å². The molecule has 0 aromatic carbocycles. The highest BCUT2D eigenvalue weighted by atomic mass is 16.4. The molecule has 1 N–H and O–H groups in total. The topological polar surface area (TPSA) is 50.2 Å². The molecule has 0 saturated heterocycles. The van der Waals surface area contributed by atoms with E-state index in [1.807, 2.05) is 13.0 Å². The minimum Gasteiger partial charge on any atom is -0.481 e. The van der Waals surface area contributed by atoms with Crippen LogP contribution >= 0.6 is 0 Å². The predicted molar refractivity (Wildman–Crippen MR) is 49.5 cm³/mol. The highest BCUT2D eigenvalue weighted by Gasteiger charge is 2.11. The van der Waals surface area contributed by atoms with E-state index in [4.69, 9.17) is 5.11 Å². The summed E-state index contributed by atoms with van der Waals surface area (Å²) >= 11 is 0. The molecule has 1 rings (SSSR count). The Morgan fingerprint density at radius 2 is 2.31 bits per heavy atom. The van der Waals surface area contributed by atoms with Crippen molar-refractivity contribution in [2.75, 3.05) is 0 Å². The lowest BCUT2D eigenvalue weighted by atomic mass is 10.0. The highest BCUT2D eigenvalue weighted by molar-refractivity contribution is 5.69. The van der Waals surface area contributed by atoms with Crippen molar-refractivity contribution in [2.24, 2.45) is 5.92 Å². The largest absolute Gasteiger partial charge is 0.481 e. The van der Waals surface area contributed by atoms with Crippen LogP contribution in [0.3, 0.4) is 0 Å². The molecule has 0 aliphatic heterocycles. The summed E-state index contributed by atoms with van der Waals surface area (Å²) in [6, 6.07) is 1.96. The van der Waals surface area contributed by atoms with Gasteiger partial charge in [-0.25, -0.2) is 0 Å². The standard InChI is InChI=1S/C10H13NO2/c1-7-3-9(6-11-5-7)4-8(2)10(12)13/h3,5-6,8H,4H2,1-2H3,(H,12,13). The average molecular weight is 179 g/mol. The molecule has 0 aliphatic rings. The number of hydrogen-bond donors (Lipinski definition) is 1. The lowest BCUT2D eigenvalue weighted by molar-refractivity contribution is -0.141. The van der Waals surface area contributed by atoms with Crippen LogP contribution in [0.5, 0.6) is 0 Å². The second kappa shape index (κ2) is 4.03. The van der Waals surface area contributed by atoms with Gasteiger partial charge in [0.05, 0.1) is 5.92 Å². The first-order valence-corrected chi connectivity index (χ1v) is 4.23. The molecule has 3 heteroatoms. The summed E-state index contributed by atoms with van der Waals surface area (Å²) in [5.74, 6) is -1.11. The van der Waals surface area contributed by atoms with Crippen LogP contribution in [0, 0.1) is 12.8 Å². The molecular weight excluding hydrogens is 166 g/mol. The summed E-state index contributed by atoms with van der Waals surface area (Å²) in [5.41, 5.74) is 2.05. The van der Waals surface area contributed by atoms with Gasteiger partial charge >= 0.3 is 5.97 Å². The number of pyridine rings is 1. The number of hydrogen-bond acceptors (Lipinski definition) is 2. The number of rotatable bonds is 3. The number of carbonyl (C=O) groups is 1. The molecule has 0 fully saturated rings. The van der Waals surface area contributed by atoms with Crippen molar-refractivity contribution < 1.29 is 9.90 Å². The van der Waals surface area contributed by atoms with Gasteiger partial charge in [0.25, 0.3) is 0 Å². The molecule has 0 amide bonds. The Morgan fingerprint density at radius 1 is 1.62 bits per heavy atom. The Morgan fingerprint density at radius 3 is 2.85 bits per heavy atom. The Bertz CT molecular complexity index is 310. The van der Waals surface area contributed by atoms with E-state index in [1.54, 1.807) is 19.3 Å². The Hall–Kier alpha value is -1.38. The summed E-state index contributed by atoms with van der Waals surface area (Å²) in [6.45, 7) is 3.65. The Kier molecular flexibility index (Phi) is 3.01. The number of aryl methyl sites for hydroxylation is 1. The molecule has 0 bridgehead atoms. The SMILES string of the molecule is Cc1cncc(CC(C)C(=O)O)c1. The fourth-order valence-electron chi connectivity index (χ4n) is 1.17. The van der Waals surface area contributed by atoms with Crippen LogP contribution in [-0.2, 0) is 11.2 Å². The zero-order chi connectivity index (χ0) is 9.84. The number of nitrogens with zero attached hydrogens (tertiary/aromatic N) is 1. The zero-order valence-electron chi connectivity index (χ0n) is 7.82. The molecule has 1 atom stereocenters. The molecule has 0 radical (unpaired) electrons. The van der Waals surface area contributed by atoms with E-state index in [0.29, 0.717) is 6.42 Å². The monoisotopic (exact) mass is 179 g/mol. The van der Waals surface area contributed by atoms with Crippen molar-refractivity contribution in [3.63, 3.8) is 0 Å².